The van der Waals surface area contributed by atoms with Crippen LogP contribution < -0.4 is 19.1 Å². The van der Waals surface area contributed by atoms with Gasteiger partial charge in [-0.05, 0) is 85.3 Å². The van der Waals surface area contributed by atoms with Crippen molar-refractivity contribution in [3.63, 3.8) is 0 Å². The third-order valence-electron chi connectivity index (χ3n) is 7.50. The minimum absolute atomic E-state index is 0.178. The van der Waals surface area contributed by atoms with Gasteiger partial charge < -0.3 is 14.2 Å². The molecule has 2 aliphatic heterocycles. The van der Waals surface area contributed by atoms with Crippen LogP contribution in [0.15, 0.2) is 109 Å². The molecule has 0 radical (unpaired) electrons. The molecule has 0 spiro atoms. The highest BCUT2D eigenvalue weighted by molar-refractivity contribution is 6.34. The fourth-order valence-electron chi connectivity index (χ4n) is 5.30. The first kappa shape index (κ1) is 27.6. The maximum atomic E-state index is 13.5. The molecule has 2 aliphatic rings. The van der Waals surface area contributed by atoms with Crippen molar-refractivity contribution in [2.24, 2.45) is 0 Å². The lowest BCUT2D eigenvalue weighted by Crippen LogP contribution is -2.29. The molecule has 4 amide bonds. The number of benzene rings is 5. The number of hydrogen-bond acceptors (Lipinski definition) is 7. The van der Waals surface area contributed by atoms with E-state index in [1.165, 1.54) is 31.3 Å². The molecular formula is C36H24N2O7. The van der Waals surface area contributed by atoms with Crippen LogP contribution in [0.5, 0.6) is 34.5 Å². The number of fused-ring (bicyclic) bond motifs is 2. The minimum atomic E-state index is -0.512. The first-order chi connectivity index (χ1) is 21.7. The molecule has 2 heterocycles. The number of aryl methyl sites for hydroxylation is 1. The van der Waals surface area contributed by atoms with Crippen LogP contribution >= 0.6 is 0 Å². The minimum Gasteiger partial charge on any atom is -0.457 e. The number of rotatable bonds is 7. The van der Waals surface area contributed by atoms with E-state index in [0.717, 1.165) is 15.4 Å². The Morgan fingerprint density at radius 2 is 0.889 bits per heavy atom. The summed E-state index contributed by atoms with van der Waals surface area (Å²) in [5, 5.41) is 0. The van der Waals surface area contributed by atoms with Gasteiger partial charge >= 0.3 is 0 Å². The first-order valence-electron chi connectivity index (χ1n) is 14.0. The molecular weight excluding hydrogens is 572 g/mol. The number of anilines is 1. The number of hydrogen-bond donors (Lipinski definition) is 0. The van der Waals surface area contributed by atoms with Crippen LogP contribution in [0.25, 0.3) is 0 Å². The van der Waals surface area contributed by atoms with E-state index in [2.05, 4.69) is 0 Å². The molecule has 0 unspecified atom stereocenters. The van der Waals surface area contributed by atoms with Crippen molar-refractivity contribution in [3.05, 3.63) is 137 Å². The van der Waals surface area contributed by atoms with Crippen molar-refractivity contribution in [3.8, 4) is 34.5 Å². The zero-order chi connectivity index (χ0) is 31.2. The Kier molecular flexibility index (Phi) is 6.63. The predicted molar refractivity (Wildman–Crippen MR) is 165 cm³/mol. The highest BCUT2D eigenvalue weighted by atomic mass is 16.5. The quantitative estimate of drug-likeness (QED) is 0.180. The fraction of sp³-hybridized carbons (Fsp3) is 0.0556. The summed E-state index contributed by atoms with van der Waals surface area (Å²) in [6.07, 6.45) is 0. The van der Waals surface area contributed by atoms with Crippen molar-refractivity contribution >= 4 is 29.3 Å². The maximum Gasteiger partial charge on any atom is 0.266 e. The van der Waals surface area contributed by atoms with E-state index in [4.69, 9.17) is 14.2 Å². The van der Waals surface area contributed by atoms with Gasteiger partial charge in [-0.15, -0.1) is 0 Å². The molecule has 5 aromatic carbocycles. The van der Waals surface area contributed by atoms with Crippen LogP contribution in [0, 0.1) is 6.92 Å². The standard InChI is InChI=1S/C36H24N2O7/c1-21-6-3-8-23(16-21)43-25-10-5-11-26(18-25)44-24-9-4-7-22(17-24)38-35(41)30-15-13-28(20-32(30)36(38)42)45-27-12-14-29-31(19-27)34(40)37(2)33(29)39/h3-20H,1-2H3. The van der Waals surface area contributed by atoms with Crippen LogP contribution in [0.1, 0.15) is 47.0 Å². The average molecular weight is 597 g/mol. The molecule has 0 bridgehead atoms. The van der Waals surface area contributed by atoms with Gasteiger partial charge in [-0.1, -0.05) is 24.3 Å². The van der Waals surface area contributed by atoms with Crippen LogP contribution in [0.2, 0.25) is 0 Å². The Labute approximate surface area is 257 Å². The molecule has 0 aromatic heterocycles. The number of carbonyl (C=O) groups excluding carboxylic acids is 4. The summed E-state index contributed by atoms with van der Waals surface area (Å²) in [5.41, 5.74) is 2.38. The van der Waals surface area contributed by atoms with E-state index >= 15 is 0 Å². The molecule has 45 heavy (non-hydrogen) atoms. The van der Waals surface area contributed by atoms with Crippen molar-refractivity contribution in [1.82, 2.24) is 4.90 Å². The summed E-state index contributed by atoms with van der Waals surface area (Å²) in [4.78, 5) is 53.6. The predicted octanol–water partition coefficient (Wildman–Crippen LogP) is 7.40. The van der Waals surface area contributed by atoms with Gasteiger partial charge in [0.15, 0.2) is 0 Å². The number of nitrogens with zero attached hydrogens (tertiary/aromatic N) is 2. The van der Waals surface area contributed by atoms with E-state index in [9.17, 15) is 19.2 Å². The van der Waals surface area contributed by atoms with Crippen molar-refractivity contribution in [2.45, 2.75) is 6.92 Å². The summed E-state index contributed by atoms with van der Waals surface area (Å²) < 4.78 is 18.0. The van der Waals surface area contributed by atoms with Gasteiger partial charge in [0.2, 0.25) is 0 Å². The van der Waals surface area contributed by atoms with Crippen molar-refractivity contribution in [1.29, 1.82) is 0 Å². The van der Waals surface area contributed by atoms with Gasteiger partial charge in [-0.3, -0.25) is 24.1 Å². The van der Waals surface area contributed by atoms with Gasteiger partial charge in [-0.25, -0.2) is 4.90 Å². The van der Waals surface area contributed by atoms with E-state index < -0.39 is 17.7 Å². The van der Waals surface area contributed by atoms with Gasteiger partial charge in [0.1, 0.15) is 34.5 Å². The molecule has 220 valence electrons. The van der Waals surface area contributed by atoms with Crippen LogP contribution in [0.3, 0.4) is 0 Å². The average Bonchev–Trinajstić information content (AvgIpc) is 3.40. The molecule has 0 N–H and O–H groups in total. The van der Waals surface area contributed by atoms with Crippen molar-refractivity contribution in [2.75, 3.05) is 11.9 Å². The highest BCUT2D eigenvalue weighted by Crippen LogP contribution is 2.36. The lowest BCUT2D eigenvalue weighted by Gasteiger charge is -2.15. The summed E-state index contributed by atoms with van der Waals surface area (Å²) in [7, 11) is 1.42. The van der Waals surface area contributed by atoms with Gasteiger partial charge in [0.25, 0.3) is 23.6 Å². The summed E-state index contributed by atoms with van der Waals surface area (Å²) >= 11 is 0. The van der Waals surface area contributed by atoms with E-state index in [-0.39, 0.29) is 22.6 Å². The summed E-state index contributed by atoms with van der Waals surface area (Å²) in [5.74, 6) is 1.09. The lowest BCUT2D eigenvalue weighted by molar-refractivity contribution is 0.0692. The second kappa shape index (κ2) is 10.8. The molecule has 0 saturated heterocycles. The fourth-order valence-corrected chi connectivity index (χ4v) is 5.30. The first-order valence-corrected chi connectivity index (χ1v) is 14.0. The molecule has 5 aromatic rings. The van der Waals surface area contributed by atoms with Gasteiger partial charge in [-0.2, -0.15) is 0 Å². The number of ether oxygens (including phenoxy) is 3. The number of carbonyl (C=O) groups is 4. The van der Waals surface area contributed by atoms with E-state index in [1.54, 1.807) is 48.5 Å². The van der Waals surface area contributed by atoms with Crippen LogP contribution in [-0.4, -0.2) is 35.6 Å². The smallest absolute Gasteiger partial charge is 0.266 e. The molecule has 9 heteroatoms. The maximum absolute atomic E-state index is 13.5. The SMILES string of the molecule is Cc1cccc(Oc2cccc(Oc3cccc(N4C(=O)c5ccc(Oc6ccc7c(c6)C(=O)N(C)C7=O)cc5C4=O)c3)c2)c1. The number of amides is 4. The lowest BCUT2D eigenvalue weighted by atomic mass is 10.1. The largest absolute Gasteiger partial charge is 0.457 e. The Morgan fingerprint density at radius 1 is 0.444 bits per heavy atom. The highest BCUT2D eigenvalue weighted by Gasteiger charge is 2.37. The molecule has 0 saturated carbocycles. The molecule has 0 fully saturated rings. The Balaban J connectivity index is 1.09. The third-order valence-corrected chi connectivity index (χ3v) is 7.50. The Hall–Kier alpha value is -6.22. The molecule has 0 atom stereocenters. The molecule has 7 rings (SSSR count). The second-order valence-electron chi connectivity index (χ2n) is 10.6. The zero-order valence-corrected chi connectivity index (χ0v) is 24.1. The monoisotopic (exact) mass is 596 g/mol. The zero-order valence-electron chi connectivity index (χ0n) is 24.1. The van der Waals surface area contributed by atoms with Crippen LogP contribution in [0.4, 0.5) is 5.69 Å². The second-order valence-corrected chi connectivity index (χ2v) is 10.6. The normalized spacial score (nSPS) is 13.6. The van der Waals surface area contributed by atoms with Crippen LogP contribution in [-0.2, 0) is 0 Å². The third kappa shape index (κ3) is 5.06. The summed E-state index contributed by atoms with van der Waals surface area (Å²) in [6.45, 7) is 1.99. The molecule has 0 aliphatic carbocycles. The van der Waals surface area contributed by atoms with E-state index in [1.807, 2.05) is 43.3 Å². The Bertz CT molecular complexity index is 2070. The van der Waals surface area contributed by atoms with Gasteiger partial charge in [0.05, 0.1) is 27.9 Å². The molecule has 9 nitrogen and oxygen atoms in total. The van der Waals surface area contributed by atoms with Gasteiger partial charge in [0, 0.05) is 19.2 Å². The van der Waals surface area contributed by atoms with Crippen molar-refractivity contribution < 1.29 is 33.4 Å². The van der Waals surface area contributed by atoms with E-state index in [0.29, 0.717) is 45.7 Å². The summed E-state index contributed by atoms with van der Waals surface area (Å²) in [6, 6.07) is 30.8. The topological polar surface area (TPSA) is 102 Å². The Morgan fingerprint density at radius 3 is 1.51 bits per heavy atom. The number of imide groups is 2.